The number of benzene rings is 4. The van der Waals surface area contributed by atoms with Crippen molar-refractivity contribution in [3.8, 4) is 0 Å². The number of anilines is 2. The van der Waals surface area contributed by atoms with Crippen LogP contribution in [0.2, 0.25) is 0 Å². The van der Waals surface area contributed by atoms with Crippen molar-refractivity contribution in [2.75, 3.05) is 49.2 Å². The predicted octanol–water partition coefficient (Wildman–Crippen LogP) is 6.88. The summed E-state index contributed by atoms with van der Waals surface area (Å²) < 4.78 is 9.70. The molecule has 292 valence electrons. The van der Waals surface area contributed by atoms with Crippen molar-refractivity contribution in [2.45, 2.75) is 40.5 Å². The van der Waals surface area contributed by atoms with Gasteiger partial charge in [0.2, 0.25) is 0 Å². The first-order chi connectivity index (χ1) is 26.8. The van der Waals surface area contributed by atoms with E-state index >= 15 is 0 Å². The van der Waals surface area contributed by atoms with Gasteiger partial charge in [-0.1, -0.05) is 48.6 Å². The molecule has 12 heteroatoms. The number of hydrogen-bond donors (Lipinski definition) is 2. The molecule has 0 fully saturated rings. The Hall–Kier alpha value is -6.56. The largest absolute Gasteiger partial charge is 0.478 e. The third kappa shape index (κ3) is 12.0. The van der Waals surface area contributed by atoms with Crippen molar-refractivity contribution in [3.63, 3.8) is 0 Å². The van der Waals surface area contributed by atoms with Crippen LogP contribution < -0.4 is 9.80 Å². The fraction of sp³-hybridized carbons (Fsp3) is 0.273. The van der Waals surface area contributed by atoms with Gasteiger partial charge in [0.1, 0.15) is 0 Å². The topological polar surface area (TPSA) is 168 Å². The van der Waals surface area contributed by atoms with Crippen molar-refractivity contribution in [1.82, 2.24) is 0 Å². The minimum Gasteiger partial charge on any atom is -0.478 e. The highest BCUT2D eigenvalue weighted by Crippen LogP contribution is 2.23. The summed E-state index contributed by atoms with van der Waals surface area (Å²) in [7, 11) is 0. The van der Waals surface area contributed by atoms with E-state index in [0.717, 1.165) is 35.6 Å². The summed E-state index contributed by atoms with van der Waals surface area (Å²) in [5.41, 5.74) is 5.05. The van der Waals surface area contributed by atoms with Crippen molar-refractivity contribution in [3.05, 3.63) is 129 Å². The Labute approximate surface area is 326 Å². The summed E-state index contributed by atoms with van der Waals surface area (Å²) in [4.78, 5) is 76.7. The quantitative estimate of drug-likeness (QED) is 0.0545. The van der Waals surface area contributed by atoms with Crippen LogP contribution in [-0.4, -0.2) is 85.0 Å². The van der Waals surface area contributed by atoms with E-state index in [9.17, 15) is 39.0 Å². The van der Waals surface area contributed by atoms with Gasteiger partial charge in [0.25, 0.3) is 0 Å². The molecule has 0 unspecified atom stereocenters. The SMILES string of the molecule is CCN(CC)c1ccc(C=Cc2ccc(N(CCc3cc(C(=O)COC(C)=O)ccc3C(=O)O)CCc3cc(C(=O)COC(C)=O)ccc3C(=O)O)cc2)cc1. The number of Topliss-reactive ketones (excluding diaryl/α,β-unsaturated/α-hetero) is 2. The number of esters is 2. The number of ether oxygens (including phenoxy) is 2. The number of ketones is 2. The van der Waals surface area contributed by atoms with E-state index in [0.29, 0.717) is 11.1 Å². The maximum atomic E-state index is 12.7. The fourth-order valence-electron chi connectivity index (χ4n) is 6.12. The molecule has 0 aliphatic heterocycles. The van der Waals surface area contributed by atoms with Gasteiger partial charge in [0, 0.05) is 62.5 Å². The van der Waals surface area contributed by atoms with Gasteiger partial charge in [-0.15, -0.1) is 0 Å². The number of aromatic carboxylic acids is 2. The number of hydrogen-bond acceptors (Lipinski definition) is 10. The molecule has 4 rings (SSSR count). The summed E-state index contributed by atoms with van der Waals surface area (Å²) in [6.07, 6.45) is 4.39. The molecule has 4 aromatic carbocycles. The monoisotopic (exact) mass is 762 g/mol. The molecule has 0 amide bonds. The Bertz CT molecular complexity index is 1990. The Morgan fingerprint density at radius 3 is 1.27 bits per heavy atom. The normalized spacial score (nSPS) is 10.9. The minimum absolute atomic E-state index is 0.00626. The smallest absolute Gasteiger partial charge is 0.335 e. The first-order valence-electron chi connectivity index (χ1n) is 18.2. The highest BCUT2D eigenvalue weighted by molar-refractivity contribution is 6.00. The first-order valence-corrected chi connectivity index (χ1v) is 18.2. The minimum atomic E-state index is -1.18. The van der Waals surface area contributed by atoms with Crippen LogP contribution in [0.3, 0.4) is 0 Å². The van der Waals surface area contributed by atoms with E-state index in [4.69, 9.17) is 9.47 Å². The number of carbonyl (C=O) groups excluding carboxylic acids is 4. The molecule has 12 nitrogen and oxygen atoms in total. The van der Waals surface area contributed by atoms with Crippen molar-refractivity contribution in [1.29, 1.82) is 0 Å². The zero-order chi connectivity index (χ0) is 40.8. The molecule has 0 bridgehead atoms. The van der Waals surface area contributed by atoms with Gasteiger partial charge >= 0.3 is 23.9 Å². The molecule has 0 saturated heterocycles. The second kappa shape index (κ2) is 20.2. The maximum Gasteiger partial charge on any atom is 0.335 e. The van der Waals surface area contributed by atoms with Crippen LogP contribution in [0.15, 0.2) is 84.9 Å². The third-order valence-corrected chi connectivity index (χ3v) is 9.18. The molecule has 4 aromatic rings. The fourth-order valence-corrected chi connectivity index (χ4v) is 6.12. The summed E-state index contributed by atoms with van der Waals surface area (Å²) in [5, 5.41) is 19.9. The molecule has 0 aromatic heterocycles. The molecular weight excluding hydrogens is 716 g/mol. The highest BCUT2D eigenvalue weighted by Gasteiger charge is 2.19. The van der Waals surface area contributed by atoms with Crippen molar-refractivity contribution in [2.24, 2.45) is 0 Å². The number of carboxylic acid groups (broad SMARTS) is 2. The number of carboxylic acids is 2. The summed E-state index contributed by atoms with van der Waals surface area (Å²) in [6.45, 7) is 8.02. The van der Waals surface area contributed by atoms with Crippen LogP contribution in [0.1, 0.15) is 91.4 Å². The van der Waals surface area contributed by atoms with Gasteiger partial charge in [0.05, 0.1) is 11.1 Å². The second-order valence-electron chi connectivity index (χ2n) is 12.9. The highest BCUT2D eigenvalue weighted by atomic mass is 16.5. The molecular formula is C44H46N2O10. The third-order valence-electron chi connectivity index (χ3n) is 9.18. The van der Waals surface area contributed by atoms with E-state index in [1.54, 1.807) is 0 Å². The lowest BCUT2D eigenvalue weighted by Crippen LogP contribution is -2.29. The standard InChI is InChI=1S/C44H46N2O10/c1-5-45(6-2)37-15-9-31(10-16-37)7-8-32-11-17-38(18-12-32)46(23-21-33-25-35(13-19-39(33)43(51)52)41(49)27-55-29(3)47)24-22-34-26-36(14-20-40(34)44(53)54)42(50)28-56-30(4)48/h7-20,25-26H,5-6,21-24,27-28H2,1-4H3,(H,51,52)(H,53,54). The molecule has 0 saturated carbocycles. The summed E-state index contributed by atoms with van der Waals surface area (Å²) >= 11 is 0. The number of nitrogens with zero attached hydrogens (tertiary/aromatic N) is 2. The van der Waals surface area contributed by atoms with Gasteiger partial charge in [-0.2, -0.15) is 0 Å². The van der Waals surface area contributed by atoms with E-state index < -0.39 is 48.7 Å². The van der Waals surface area contributed by atoms with Crippen LogP contribution in [0.25, 0.3) is 12.2 Å². The Morgan fingerprint density at radius 2 is 0.929 bits per heavy atom. The van der Waals surface area contributed by atoms with E-state index in [1.165, 1.54) is 50.2 Å². The lowest BCUT2D eigenvalue weighted by molar-refractivity contribution is -0.140. The van der Waals surface area contributed by atoms with Crippen molar-refractivity contribution >= 4 is 59.0 Å². The second-order valence-corrected chi connectivity index (χ2v) is 12.9. The van der Waals surface area contributed by atoms with Crippen LogP contribution in [0, 0.1) is 0 Å². The molecule has 0 aliphatic rings. The van der Waals surface area contributed by atoms with Crippen molar-refractivity contribution < 1.29 is 48.5 Å². The summed E-state index contributed by atoms with van der Waals surface area (Å²) in [6, 6.07) is 24.4. The van der Waals surface area contributed by atoms with Gasteiger partial charge in [-0.25, -0.2) is 9.59 Å². The first kappa shape index (κ1) is 42.2. The van der Waals surface area contributed by atoms with Gasteiger partial charge in [0.15, 0.2) is 24.8 Å². The number of rotatable bonds is 20. The number of carbonyl (C=O) groups is 6. The average molecular weight is 763 g/mol. The van der Waals surface area contributed by atoms with Crippen LogP contribution in [-0.2, 0) is 31.9 Å². The maximum absolute atomic E-state index is 12.7. The zero-order valence-corrected chi connectivity index (χ0v) is 31.9. The Morgan fingerprint density at radius 1 is 0.554 bits per heavy atom. The molecule has 0 heterocycles. The predicted molar refractivity (Wildman–Crippen MR) is 214 cm³/mol. The van der Waals surface area contributed by atoms with Crippen LogP contribution >= 0.6 is 0 Å². The molecule has 0 radical (unpaired) electrons. The summed E-state index contributed by atoms with van der Waals surface area (Å²) in [5.74, 6) is -4.55. The zero-order valence-electron chi connectivity index (χ0n) is 31.9. The van der Waals surface area contributed by atoms with Gasteiger partial charge < -0.3 is 29.5 Å². The van der Waals surface area contributed by atoms with Gasteiger partial charge in [-0.05, 0) is 97.5 Å². The Balaban J connectivity index is 1.63. The molecule has 0 spiro atoms. The van der Waals surface area contributed by atoms with Crippen LogP contribution in [0.5, 0.6) is 0 Å². The molecule has 0 aliphatic carbocycles. The van der Waals surface area contributed by atoms with E-state index in [1.807, 2.05) is 41.3 Å². The molecule has 0 atom stereocenters. The van der Waals surface area contributed by atoms with Crippen LogP contribution in [0.4, 0.5) is 11.4 Å². The Kier molecular flexibility index (Phi) is 15.2. The average Bonchev–Trinajstić information content (AvgIpc) is 3.19. The molecule has 2 N–H and O–H groups in total. The van der Waals surface area contributed by atoms with Gasteiger partial charge in [-0.3, -0.25) is 19.2 Å². The molecule has 56 heavy (non-hydrogen) atoms. The lowest BCUT2D eigenvalue weighted by Gasteiger charge is -2.26. The lowest BCUT2D eigenvalue weighted by atomic mass is 9.98. The van der Waals surface area contributed by atoms with E-state index in [2.05, 4.69) is 43.0 Å². The van der Waals surface area contributed by atoms with E-state index in [-0.39, 0.29) is 48.2 Å².